The molecule has 15 heavy (non-hydrogen) atoms. The van der Waals surface area contributed by atoms with E-state index in [9.17, 15) is 13.2 Å². The molecule has 0 amide bonds. The average molecular weight is 231 g/mol. The van der Waals surface area contributed by atoms with E-state index in [0.717, 1.165) is 19.1 Å². The normalized spacial score (nSPS) is 25.3. The summed E-state index contributed by atoms with van der Waals surface area (Å²) >= 11 is 0. The average Bonchev–Trinajstić information content (AvgIpc) is 3.01. The van der Waals surface area contributed by atoms with Crippen LogP contribution < -0.4 is 0 Å². The van der Waals surface area contributed by atoms with Crippen molar-refractivity contribution in [3.63, 3.8) is 0 Å². The second kappa shape index (κ2) is 4.22. The van der Waals surface area contributed by atoms with Crippen LogP contribution in [0.15, 0.2) is 0 Å². The number of nitrogens with zero attached hydrogens (tertiary/aromatic N) is 1. The fraction of sp³-hybridized carbons (Fsp3) is 0.900. The largest absolute Gasteiger partial charge is 0.303 e. The summed E-state index contributed by atoms with van der Waals surface area (Å²) in [6.07, 6.45) is 4.44. The molecule has 0 aromatic carbocycles. The van der Waals surface area contributed by atoms with Crippen molar-refractivity contribution in [3.05, 3.63) is 0 Å². The van der Waals surface area contributed by atoms with E-state index in [2.05, 4.69) is 0 Å². The predicted octanol–water partition coefficient (Wildman–Crippen LogP) is 0.637. The Labute approximate surface area is 90.7 Å². The van der Waals surface area contributed by atoms with E-state index in [1.807, 2.05) is 0 Å². The monoisotopic (exact) mass is 231 g/mol. The molecule has 2 aliphatic rings. The molecular formula is C10H17NO3S. The van der Waals surface area contributed by atoms with Gasteiger partial charge in [-0.3, -0.25) is 0 Å². The van der Waals surface area contributed by atoms with E-state index in [1.54, 1.807) is 4.31 Å². The maximum atomic E-state index is 11.9. The molecule has 1 aliphatic heterocycles. The van der Waals surface area contributed by atoms with Crippen molar-refractivity contribution in [2.24, 2.45) is 11.8 Å². The highest BCUT2D eigenvalue weighted by molar-refractivity contribution is 7.89. The van der Waals surface area contributed by atoms with Crippen molar-refractivity contribution in [1.82, 2.24) is 4.31 Å². The molecule has 0 atom stereocenters. The number of rotatable bonds is 4. The van der Waals surface area contributed by atoms with E-state index in [-0.39, 0.29) is 5.92 Å². The Hall–Kier alpha value is -0.420. The van der Waals surface area contributed by atoms with Gasteiger partial charge in [0.1, 0.15) is 6.29 Å². The Morgan fingerprint density at radius 3 is 2.20 bits per heavy atom. The molecule has 0 spiro atoms. The molecule has 0 radical (unpaired) electrons. The molecular weight excluding hydrogens is 214 g/mol. The minimum atomic E-state index is -3.03. The van der Waals surface area contributed by atoms with Gasteiger partial charge in [0.05, 0.1) is 5.75 Å². The number of carbonyl (C=O) groups is 1. The van der Waals surface area contributed by atoms with Gasteiger partial charge in [0, 0.05) is 19.0 Å². The highest BCUT2D eigenvalue weighted by Gasteiger charge is 2.33. The van der Waals surface area contributed by atoms with Gasteiger partial charge in [-0.2, -0.15) is 0 Å². The topological polar surface area (TPSA) is 54.5 Å². The molecule has 2 rings (SSSR count). The lowest BCUT2D eigenvalue weighted by atomic mass is 10.0. The smallest absolute Gasteiger partial charge is 0.214 e. The third-order valence-electron chi connectivity index (χ3n) is 3.23. The third-order valence-corrected chi connectivity index (χ3v) is 5.27. The van der Waals surface area contributed by atoms with E-state index in [4.69, 9.17) is 0 Å². The zero-order valence-corrected chi connectivity index (χ0v) is 9.58. The van der Waals surface area contributed by atoms with Crippen LogP contribution in [0, 0.1) is 11.8 Å². The molecule has 86 valence electrons. The van der Waals surface area contributed by atoms with Gasteiger partial charge in [0.15, 0.2) is 0 Å². The zero-order chi connectivity index (χ0) is 10.9. The second-order valence-corrected chi connectivity index (χ2v) is 6.61. The van der Waals surface area contributed by atoms with E-state index >= 15 is 0 Å². The van der Waals surface area contributed by atoms with Crippen molar-refractivity contribution in [2.75, 3.05) is 18.8 Å². The maximum Gasteiger partial charge on any atom is 0.214 e. The van der Waals surface area contributed by atoms with Crippen molar-refractivity contribution in [2.45, 2.75) is 25.7 Å². The van der Waals surface area contributed by atoms with Crippen LogP contribution in [-0.4, -0.2) is 37.9 Å². The summed E-state index contributed by atoms with van der Waals surface area (Å²) in [7, 11) is -3.03. The molecule has 5 heteroatoms. The van der Waals surface area contributed by atoms with E-state index in [0.29, 0.717) is 37.6 Å². The predicted molar refractivity (Wildman–Crippen MR) is 56.9 cm³/mol. The summed E-state index contributed by atoms with van der Waals surface area (Å²) in [6, 6.07) is 0. The van der Waals surface area contributed by atoms with Gasteiger partial charge in [-0.1, -0.05) is 0 Å². The first-order valence-electron chi connectivity index (χ1n) is 5.55. The lowest BCUT2D eigenvalue weighted by Crippen LogP contribution is -2.40. The minimum Gasteiger partial charge on any atom is -0.303 e. The van der Waals surface area contributed by atoms with Crippen molar-refractivity contribution < 1.29 is 13.2 Å². The molecule has 0 N–H and O–H groups in total. The Kier molecular flexibility index (Phi) is 3.11. The summed E-state index contributed by atoms with van der Waals surface area (Å²) < 4.78 is 25.3. The first kappa shape index (κ1) is 11.1. The second-order valence-electron chi connectivity index (χ2n) is 4.59. The van der Waals surface area contributed by atoms with Gasteiger partial charge in [0.2, 0.25) is 10.0 Å². The Morgan fingerprint density at radius 1 is 1.13 bits per heavy atom. The lowest BCUT2D eigenvalue weighted by molar-refractivity contribution is -0.112. The molecule has 1 saturated carbocycles. The molecule has 1 aliphatic carbocycles. The van der Waals surface area contributed by atoms with E-state index < -0.39 is 10.0 Å². The summed E-state index contributed by atoms with van der Waals surface area (Å²) in [6.45, 7) is 1.05. The maximum absolute atomic E-state index is 11.9. The standard InChI is InChI=1S/C10H17NO3S/c12-7-9-3-5-11(6-4-9)15(13,14)8-10-1-2-10/h7,9-10H,1-6,8H2. The zero-order valence-electron chi connectivity index (χ0n) is 8.76. The molecule has 0 bridgehead atoms. The van der Waals surface area contributed by atoms with Crippen LogP contribution >= 0.6 is 0 Å². The minimum absolute atomic E-state index is 0.0670. The number of sulfonamides is 1. The Morgan fingerprint density at radius 2 is 1.73 bits per heavy atom. The van der Waals surface area contributed by atoms with Gasteiger partial charge < -0.3 is 4.79 Å². The van der Waals surface area contributed by atoms with Gasteiger partial charge in [-0.05, 0) is 31.6 Å². The molecule has 1 heterocycles. The van der Waals surface area contributed by atoms with Gasteiger partial charge in [-0.25, -0.2) is 12.7 Å². The quantitative estimate of drug-likeness (QED) is 0.667. The van der Waals surface area contributed by atoms with Crippen LogP contribution in [0.1, 0.15) is 25.7 Å². The van der Waals surface area contributed by atoms with Gasteiger partial charge in [0.25, 0.3) is 0 Å². The number of aldehydes is 1. The lowest BCUT2D eigenvalue weighted by Gasteiger charge is -2.28. The van der Waals surface area contributed by atoms with Crippen LogP contribution in [0.2, 0.25) is 0 Å². The van der Waals surface area contributed by atoms with E-state index in [1.165, 1.54) is 0 Å². The van der Waals surface area contributed by atoms with Crippen molar-refractivity contribution in [3.8, 4) is 0 Å². The molecule has 4 nitrogen and oxygen atoms in total. The Balaban J connectivity index is 1.90. The van der Waals surface area contributed by atoms with Crippen LogP contribution in [0.5, 0.6) is 0 Å². The van der Waals surface area contributed by atoms with Crippen molar-refractivity contribution in [1.29, 1.82) is 0 Å². The molecule has 1 saturated heterocycles. The summed E-state index contributed by atoms with van der Waals surface area (Å²) in [5.41, 5.74) is 0. The molecule has 0 unspecified atom stereocenters. The summed E-state index contributed by atoms with van der Waals surface area (Å²) in [5.74, 6) is 0.787. The van der Waals surface area contributed by atoms with Crippen LogP contribution in [0.25, 0.3) is 0 Å². The van der Waals surface area contributed by atoms with Crippen LogP contribution in [0.3, 0.4) is 0 Å². The van der Waals surface area contributed by atoms with Crippen LogP contribution in [-0.2, 0) is 14.8 Å². The van der Waals surface area contributed by atoms with Gasteiger partial charge in [-0.15, -0.1) is 0 Å². The van der Waals surface area contributed by atoms with Crippen LogP contribution in [0.4, 0.5) is 0 Å². The fourth-order valence-corrected chi connectivity index (χ4v) is 3.88. The first-order chi connectivity index (χ1) is 7.12. The number of hydrogen-bond acceptors (Lipinski definition) is 3. The highest BCUT2D eigenvalue weighted by Crippen LogP contribution is 2.32. The highest BCUT2D eigenvalue weighted by atomic mass is 32.2. The first-order valence-corrected chi connectivity index (χ1v) is 7.16. The Bertz CT molecular complexity index is 327. The number of piperidine rings is 1. The van der Waals surface area contributed by atoms with Crippen molar-refractivity contribution >= 4 is 16.3 Å². The fourth-order valence-electron chi connectivity index (χ4n) is 1.98. The molecule has 2 fully saturated rings. The molecule has 0 aromatic rings. The number of hydrogen-bond donors (Lipinski definition) is 0. The van der Waals surface area contributed by atoms with Gasteiger partial charge >= 0.3 is 0 Å². The SMILES string of the molecule is O=CC1CCN(S(=O)(=O)CC2CC2)CC1. The number of carbonyl (C=O) groups excluding carboxylic acids is 1. The third kappa shape index (κ3) is 2.78. The summed E-state index contributed by atoms with van der Waals surface area (Å²) in [5, 5.41) is 0. The molecule has 0 aromatic heterocycles. The summed E-state index contributed by atoms with van der Waals surface area (Å²) in [4.78, 5) is 10.5.